The van der Waals surface area contributed by atoms with Gasteiger partial charge < -0.3 is 10.2 Å². The number of likely N-dealkylation sites (N-methyl/N-ethyl adjacent to an activating group) is 1. The first kappa shape index (κ1) is 21.5. The van der Waals surface area contributed by atoms with Crippen molar-refractivity contribution in [1.29, 1.82) is 0 Å². The lowest BCUT2D eigenvalue weighted by Gasteiger charge is -2.15. The third-order valence-corrected chi connectivity index (χ3v) is 7.46. The number of nitrogens with one attached hydrogen (secondary N) is 2. The smallest absolute Gasteiger partial charge is 0.275 e. The van der Waals surface area contributed by atoms with Crippen molar-refractivity contribution in [2.75, 3.05) is 25.1 Å². The minimum absolute atomic E-state index is 0.00957. The van der Waals surface area contributed by atoms with Crippen molar-refractivity contribution in [2.24, 2.45) is 0 Å². The van der Waals surface area contributed by atoms with Crippen LogP contribution >= 0.6 is 0 Å². The maximum atomic E-state index is 12.4. The molecule has 2 heterocycles. The quantitative estimate of drug-likeness (QED) is 0.684. The van der Waals surface area contributed by atoms with Crippen LogP contribution in [0.4, 0.5) is 0 Å². The molecule has 1 aromatic carbocycles. The Balaban J connectivity index is 1.58. The SMILES string of the molecule is Cc1ccccc1CNC(=O)C[NH+](C)Cc1c(C)nn([C@@H]2CCS(=O)(=O)C2)c1C. The fourth-order valence-corrected chi connectivity index (χ4v) is 5.67. The molecule has 7 nitrogen and oxygen atoms in total. The monoisotopic (exact) mass is 419 g/mol. The van der Waals surface area contributed by atoms with Crippen molar-refractivity contribution in [2.45, 2.75) is 46.3 Å². The minimum Gasteiger partial charge on any atom is -0.347 e. The van der Waals surface area contributed by atoms with Gasteiger partial charge in [0.25, 0.3) is 5.91 Å². The van der Waals surface area contributed by atoms with Crippen LogP contribution in [0.3, 0.4) is 0 Å². The minimum atomic E-state index is -2.95. The molecule has 158 valence electrons. The van der Waals surface area contributed by atoms with Crippen LogP contribution in [0.5, 0.6) is 0 Å². The van der Waals surface area contributed by atoms with E-state index in [9.17, 15) is 13.2 Å². The number of benzene rings is 1. The van der Waals surface area contributed by atoms with E-state index < -0.39 is 9.84 Å². The van der Waals surface area contributed by atoms with E-state index in [0.717, 1.165) is 27.4 Å². The summed E-state index contributed by atoms with van der Waals surface area (Å²) in [6, 6.07) is 7.95. The summed E-state index contributed by atoms with van der Waals surface area (Å²) in [6.45, 7) is 7.56. The van der Waals surface area contributed by atoms with Gasteiger partial charge >= 0.3 is 0 Å². The average molecular weight is 420 g/mol. The van der Waals surface area contributed by atoms with E-state index in [2.05, 4.69) is 10.4 Å². The molecule has 1 fully saturated rings. The molecule has 1 aromatic heterocycles. The summed E-state index contributed by atoms with van der Waals surface area (Å²) in [7, 11) is -0.965. The molecule has 0 aliphatic carbocycles. The highest BCUT2D eigenvalue weighted by Crippen LogP contribution is 2.26. The molecule has 1 unspecified atom stereocenters. The second kappa shape index (κ2) is 8.67. The van der Waals surface area contributed by atoms with Crippen molar-refractivity contribution in [1.82, 2.24) is 15.1 Å². The molecule has 1 saturated heterocycles. The van der Waals surface area contributed by atoms with Crippen molar-refractivity contribution in [3.8, 4) is 0 Å². The Morgan fingerprint density at radius 3 is 2.66 bits per heavy atom. The summed E-state index contributed by atoms with van der Waals surface area (Å²) in [5.74, 6) is 0.408. The topological polar surface area (TPSA) is 85.5 Å². The predicted octanol–water partition coefficient (Wildman–Crippen LogP) is 0.499. The number of sulfone groups is 1. The van der Waals surface area contributed by atoms with Crippen molar-refractivity contribution >= 4 is 15.7 Å². The van der Waals surface area contributed by atoms with Gasteiger partial charge in [-0.3, -0.25) is 9.48 Å². The predicted molar refractivity (Wildman–Crippen MR) is 112 cm³/mol. The molecule has 1 aliphatic rings. The summed E-state index contributed by atoms with van der Waals surface area (Å²) >= 11 is 0. The third-order valence-electron chi connectivity index (χ3n) is 5.71. The standard InChI is InChI=1S/C21H30N4O3S/c1-15-7-5-6-8-18(15)11-22-21(26)13-24(4)12-20-16(2)23-25(17(20)3)19-9-10-29(27,28)14-19/h5-8,19H,9-14H2,1-4H3,(H,22,26)/p+1/t19-/m1/s1. The zero-order chi connectivity index (χ0) is 21.2. The highest BCUT2D eigenvalue weighted by molar-refractivity contribution is 7.91. The lowest BCUT2D eigenvalue weighted by Crippen LogP contribution is -3.09. The zero-order valence-electron chi connectivity index (χ0n) is 17.7. The summed E-state index contributed by atoms with van der Waals surface area (Å²) < 4.78 is 25.5. The van der Waals surface area contributed by atoms with E-state index in [1.807, 2.05) is 56.8 Å². The van der Waals surface area contributed by atoms with Crippen LogP contribution in [0.1, 0.15) is 40.5 Å². The molecule has 0 radical (unpaired) electrons. The fraction of sp³-hybridized carbons (Fsp3) is 0.524. The Morgan fingerprint density at radius 2 is 2.00 bits per heavy atom. The van der Waals surface area contributed by atoms with Crippen molar-refractivity contribution in [3.05, 3.63) is 52.3 Å². The van der Waals surface area contributed by atoms with Gasteiger partial charge in [-0.25, -0.2) is 8.42 Å². The summed E-state index contributed by atoms with van der Waals surface area (Å²) in [5.41, 5.74) is 5.30. The molecule has 1 amide bonds. The highest BCUT2D eigenvalue weighted by Gasteiger charge is 2.31. The summed E-state index contributed by atoms with van der Waals surface area (Å²) in [6.07, 6.45) is 0.619. The largest absolute Gasteiger partial charge is 0.347 e. The summed E-state index contributed by atoms with van der Waals surface area (Å²) in [4.78, 5) is 13.4. The number of quaternary nitrogens is 1. The van der Waals surface area contributed by atoms with Gasteiger partial charge in [0.15, 0.2) is 16.4 Å². The number of carbonyl (C=O) groups is 1. The van der Waals surface area contributed by atoms with Gasteiger partial charge in [0.05, 0.1) is 35.9 Å². The van der Waals surface area contributed by atoms with Crippen LogP contribution in [-0.2, 0) is 27.7 Å². The van der Waals surface area contributed by atoms with Gasteiger partial charge in [-0.15, -0.1) is 0 Å². The number of amides is 1. The maximum absolute atomic E-state index is 12.4. The van der Waals surface area contributed by atoms with Gasteiger partial charge in [-0.1, -0.05) is 24.3 Å². The molecular weight excluding hydrogens is 388 g/mol. The normalized spacial score (nSPS) is 19.2. The lowest BCUT2D eigenvalue weighted by molar-refractivity contribution is -0.885. The van der Waals surface area contributed by atoms with Gasteiger partial charge in [-0.2, -0.15) is 5.10 Å². The second-order valence-electron chi connectivity index (χ2n) is 8.16. The molecule has 8 heteroatoms. The van der Waals surface area contributed by atoms with Crippen molar-refractivity contribution < 1.29 is 18.1 Å². The second-order valence-corrected chi connectivity index (χ2v) is 10.4. The van der Waals surface area contributed by atoms with Gasteiger partial charge in [0.2, 0.25) is 0 Å². The number of aryl methyl sites for hydroxylation is 2. The fourth-order valence-electron chi connectivity index (χ4n) is 3.98. The van der Waals surface area contributed by atoms with E-state index in [1.165, 1.54) is 5.56 Å². The molecule has 2 aromatic rings. The van der Waals surface area contributed by atoms with Crippen LogP contribution < -0.4 is 10.2 Å². The Labute approximate surface area is 173 Å². The number of aromatic nitrogens is 2. The Hall–Kier alpha value is -2.19. The van der Waals surface area contributed by atoms with Gasteiger partial charge in [0.1, 0.15) is 6.54 Å². The zero-order valence-corrected chi connectivity index (χ0v) is 18.5. The number of hydrogen-bond donors (Lipinski definition) is 2. The Kier molecular flexibility index (Phi) is 6.43. The molecule has 29 heavy (non-hydrogen) atoms. The van der Waals surface area contributed by atoms with Crippen LogP contribution in [0.25, 0.3) is 0 Å². The average Bonchev–Trinajstić information content (AvgIpc) is 3.14. The molecule has 0 bridgehead atoms. The van der Waals surface area contributed by atoms with Crippen LogP contribution in [0, 0.1) is 20.8 Å². The van der Waals surface area contributed by atoms with E-state index in [0.29, 0.717) is 26.1 Å². The number of nitrogens with zero attached hydrogens (tertiary/aromatic N) is 2. The van der Waals surface area contributed by atoms with E-state index in [-0.39, 0.29) is 23.5 Å². The van der Waals surface area contributed by atoms with E-state index in [4.69, 9.17) is 0 Å². The summed E-state index contributed by atoms with van der Waals surface area (Å²) in [5, 5.41) is 7.61. The number of hydrogen-bond acceptors (Lipinski definition) is 4. The third kappa shape index (κ3) is 5.25. The maximum Gasteiger partial charge on any atom is 0.275 e. The van der Waals surface area contributed by atoms with E-state index >= 15 is 0 Å². The number of carbonyl (C=O) groups excluding carboxylic acids is 1. The van der Waals surface area contributed by atoms with Crippen molar-refractivity contribution in [3.63, 3.8) is 0 Å². The van der Waals surface area contributed by atoms with E-state index in [1.54, 1.807) is 0 Å². The molecular formula is C21H31N4O3S+. The van der Waals surface area contributed by atoms with Crippen LogP contribution in [0.15, 0.2) is 24.3 Å². The molecule has 0 saturated carbocycles. The molecule has 2 atom stereocenters. The first-order valence-corrected chi connectivity index (χ1v) is 11.9. The number of rotatable bonds is 7. The molecule has 2 N–H and O–H groups in total. The molecule has 0 spiro atoms. The first-order valence-electron chi connectivity index (χ1n) is 10.0. The molecule has 1 aliphatic heterocycles. The highest BCUT2D eigenvalue weighted by atomic mass is 32.2. The Morgan fingerprint density at radius 1 is 1.28 bits per heavy atom. The van der Waals surface area contributed by atoms with Crippen LogP contribution in [0.2, 0.25) is 0 Å². The Bertz CT molecular complexity index is 997. The van der Waals surface area contributed by atoms with Gasteiger partial charge in [-0.05, 0) is 38.3 Å². The molecule has 3 rings (SSSR count). The van der Waals surface area contributed by atoms with Gasteiger partial charge in [0, 0.05) is 12.2 Å². The lowest BCUT2D eigenvalue weighted by atomic mass is 10.1. The first-order chi connectivity index (χ1) is 13.7. The van der Waals surface area contributed by atoms with Crippen LogP contribution in [-0.4, -0.2) is 49.2 Å².